The number of sulfonamides is 1. The van der Waals surface area contributed by atoms with Crippen LogP contribution in [-0.4, -0.2) is 60.4 Å². The van der Waals surface area contributed by atoms with Crippen LogP contribution in [-0.2, 0) is 21.2 Å². The van der Waals surface area contributed by atoms with Gasteiger partial charge in [-0.1, -0.05) is 25.3 Å². The molecular weight excluding hydrogens is 374 g/mol. The largest absolute Gasteiger partial charge is 0.345 e. The first-order chi connectivity index (χ1) is 13.4. The van der Waals surface area contributed by atoms with Gasteiger partial charge in [0.2, 0.25) is 15.9 Å². The lowest BCUT2D eigenvalue weighted by Crippen LogP contribution is -2.43. The highest BCUT2D eigenvalue weighted by Gasteiger charge is 2.55. The number of rotatable bonds is 6. The fraction of sp³-hybridized carbons (Fsp3) is 0.714. The zero-order valence-electron chi connectivity index (χ0n) is 16.7. The molecule has 0 N–H and O–H groups in total. The summed E-state index contributed by atoms with van der Waals surface area (Å²) < 4.78 is 27.4. The molecule has 1 aromatic heterocycles. The molecule has 2 saturated carbocycles. The maximum atomic E-state index is 13.4. The minimum Gasteiger partial charge on any atom is -0.345 e. The molecule has 2 aliphatic carbocycles. The molecule has 3 fully saturated rings. The third-order valence-corrected chi connectivity index (χ3v) is 9.19. The predicted molar refractivity (Wildman–Crippen MR) is 108 cm³/mol. The number of carbonyl (C=O) groups excluding carboxylic acids is 1. The molecule has 1 atom stereocenters. The normalized spacial score (nSPS) is 25.1. The Morgan fingerprint density at radius 2 is 2.00 bits per heavy atom. The highest BCUT2D eigenvalue weighted by atomic mass is 32.2. The van der Waals surface area contributed by atoms with Gasteiger partial charge in [0.05, 0.1) is 11.2 Å². The van der Waals surface area contributed by atoms with Crippen molar-refractivity contribution in [1.82, 2.24) is 14.2 Å². The van der Waals surface area contributed by atoms with E-state index in [1.165, 1.54) is 6.42 Å². The quantitative estimate of drug-likeness (QED) is 0.729. The number of aromatic nitrogens is 1. The van der Waals surface area contributed by atoms with Crippen LogP contribution < -0.4 is 0 Å². The molecule has 3 aliphatic rings. The van der Waals surface area contributed by atoms with Gasteiger partial charge in [-0.3, -0.25) is 9.78 Å². The molecular formula is C21H31N3O3S. The smallest absolute Gasteiger partial charge is 0.227 e. The summed E-state index contributed by atoms with van der Waals surface area (Å²) in [5.41, 5.74) is 0.801. The second-order valence-electron chi connectivity index (χ2n) is 8.84. The Kier molecular flexibility index (Phi) is 5.49. The Hall–Kier alpha value is -1.47. The lowest BCUT2D eigenvalue weighted by Gasteiger charge is -2.38. The minimum absolute atomic E-state index is 0.103. The van der Waals surface area contributed by atoms with E-state index in [1.54, 1.807) is 15.4 Å². The first-order valence-electron chi connectivity index (χ1n) is 10.6. The van der Waals surface area contributed by atoms with Gasteiger partial charge < -0.3 is 4.90 Å². The zero-order chi connectivity index (χ0) is 19.8. The monoisotopic (exact) mass is 405 g/mol. The maximum absolute atomic E-state index is 13.4. The van der Waals surface area contributed by atoms with Crippen molar-refractivity contribution >= 4 is 15.9 Å². The lowest BCUT2D eigenvalue weighted by molar-refractivity contribution is -0.137. The number of pyridine rings is 1. The molecule has 1 saturated heterocycles. The summed E-state index contributed by atoms with van der Waals surface area (Å²) in [7, 11) is -1.39. The predicted octanol–water partition coefficient (Wildman–Crippen LogP) is 2.46. The van der Waals surface area contributed by atoms with Gasteiger partial charge in [-0.25, -0.2) is 12.7 Å². The maximum Gasteiger partial charge on any atom is 0.227 e. The van der Waals surface area contributed by atoms with Crippen molar-refractivity contribution in [2.24, 2.45) is 11.3 Å². The molecule has 1 amide bonds. The van der Waals surface area contributed by atoms with Crippen LogP contribution in [0.1, 0.15) is 50.6 Å². The fourth-order valence-electron chi connectivity index (χ4n) is 5.00. The van der Waals surface area contributed by atoms with Crippen LogP contribution in [0.4, 0.5) is 0 Å². The Morgan fingerprint density at radius 3 is 2.64 bits per heavy atom. The van der Waals surface area contributed by atoms with Gasteiger partial charge in [-0.05, 0) is 43.2 Å². The van der Waals surface area contributed by atoms with E-state index in [-0.39, 0.29) is 22.5 Å². The highest BCUT2D eigenvalue weighted by molar-refractivity contribution is 7.90. The van der Waals surface area contributed by atoms with E-state index < -0.39 is 10.0 Å². The molecule has 1 aliphatic heterocycles. The fourth-order valence-corrected chi connectivity index (χ4v) is 6.95. The van der Waals surface area contributed by atoms with Gasteiger partial charge in [-0.15, -0.1) is 0 Å². The number of amides is 1. The van der Waals surface area contributed by atoms with Crippen molar-refractivity contribution < 1.29 is 13.2 Å². The van der Waals surface area contributed by atoms with Gasteiger partial charge in [-0.2, -0.15) is 0 Å². The van der Waals surface area contributed by atoms with Crippen molar-refractivity contribution in [3.05, 3.63) is 30.1 Å². The van der Waals surface area contributed by atoms with Crippen LogP contribution >= 0.6 is 0 Å². The summed E-state index contributed by atoms with van der Waals surface area (Å²) in [5, 5.41) is -0.205. The van der Waals surface area contributed by atoms with Gasteiger partial charge in [0, 0.05) is 45.0 Å². The number of hydrogen-bond donors (Lipinski definition) is 0. The van der Waals surface area contributed by atoms with Crippen LogP contribution in [0.5, 0.6) is 0 Å². The van der Waals surface area contributed by atoms with E-state index in [4.69, 9.17) is 0 Å². The molecule has 154 valence electrons. The van der Waals surface area contributed by atoms with E-state index in [0.717, 1.165) is 44.2 Å². The average molecular weight is 406 g/mol. The molecule has 1 spiro atoms. The summed E-state index contributed by atoms with van der Waals surface area (Å²) in [5.74, 6) is -0.110. The summed E-state index contributed by atoms with van der Waals surface area (Å²) in [6.45, 7) is 1.51. The topological polar surface area (TPSA) is 70.6 Å². The Balaban J connectivity index is 1.48. The average Bonchev–Trinajstić information content (AvgIpc) is 3.51. The summed E-state index contributed by atoms with van der Waals surface area (Å²) in [4.78, 5) is 19.5. The van der Waals surface area contributed by atoms with E-state index in [0.29, 0.717) is 26.1 Å². The van der Waals surface area contributed by atoms with Gasteiger partial charge in [0.15, 0.2) is 0 Å². The number of likely N-dealkylation sites (N-methyl/N-ethyl adjacent to an activating group) is 1. The van der Waals surface area contributed by atoms with E-state index in [9.17, 15) is 13.2 Å². The van der Waals surface area contributed by atoms with Crippen LogP contribution in [0, 0.1) is 11.3 Å². The first kappa shape index (κ1) is 19.8. The van der Waals surface area contributed by atoms with Crippen LogP contribution in [0.15, 0.2) is 24.4 Å². The summed E-state index contributed by atoms with van der Waals surface area (Å²) in [6.07, 6.45) is 9.34. The van der Waals surface area contributed by atoms with Crippen molar-refractivity contribution in [1.29, 1.82) is 0 Å². The van der Waals surface area contributed by atoms with Gasteiger partial charge in [0.1, 0.15) is 0 Å². The first-order valence-corrected chi connectivity index (χ1v) is 12.1. The van der Waals surface area contributed by atoms with Crippen molar-refractivity contribution in [2.75, 3.05) is 26.7 Å². The zero-order valence-corrected chi connectivity index (χ0v) is 17.5. The molecule has 4 rings (SSSR count). The van der Waals surface area contributed by atoms with Crippen LogP contribution in [0.3, 0.4) is 0 Å². The Bertz CT molecular complexity index is 801. The molecule has 0 aromatic carbocycles. The van der Waals surface area contributed by atoms with E-state index in [2.05, 4.69) is 4.98 Å². The third kappa shape index (κ3) is 3.83. The SMILES string of the molecule is CN(CCc1ccccn1)C(=O)C1CN(S(=O)(=O)C2CC2)CC12CCCCC2. The van der Waals surface area contributed by atoms with Crippen LogP contribution in [0.2, 0.25) is 0 Å². The number of nitrogens with zero attached hydrogens (tertiary/aromatic N) is 3. The molecule has 28 heavy (non-hydrogen) atoms. The third-order valence-electron chi connectivity index (χ3n) is 6.88. The standard InChI is InChI=1S/C21H31N3O3S/c1-23(14-10-17-7-3-6-13-22-17)20(25)19-15-24(28(26,27)18-8-9-18)16-21(19)11-4-2-5-12-21/h3,6-7,13,18-19H,2,4-5,8-12,14-16H2,1H3. The van der Waals surface area contributed by atoms with Crippen LogP contribution in [0.25, 0.3) is 0 Å². The molecule has 1 unspecified atom stereocenters. The molecule has 6 nitrogen and oxygen atoms in total. The molecule has 0 bridgehead atoms. The van der Waals surface area contributed by atoms with E-state index in [1.807, 2.05) is 25.2 Å². The Labute approximate surface area is 168 Å². The van der Waals surface area contributed by atoms with Gasteiger partial charge in [0.25, 0.3) is 0 Å². The van der Waals surface area contributed by atoms with Crippen molar-refractivity contribution in [3.8, 4) is 0 Å². The minimum atomic E-state index is -3.24. The number of carbonyl (C=O) groups is 1. The van der Waals surface area contributed by atoms with Crippen molar-refractivity contribution in [3.63, 3.8) is 0 Å². The second kappa shape index (κ2) is 7.75. The molecule has 1 aromatic rings. The van der Waals surface area contributed by atoms with Crippen molar-refractivity contribution in [2.45, 2.75) is 56.6 Å². The van der Waals surface area contributed by atoms with E-state index >= 15 is 0 Å². The highest BCUT2D eigenvalue weighted by Crippen LogP contribution is 2.50. The summed E-state index contributed by atoms with van der Waals surface area (Å²) in [6, 6.07) is 5.82. The summed E-state index contributed by atoms with van der Waals surface area (Å²) >= 11 is 0. The molecule has 0 radical (unpaired) electrons. The number of hydrogen-bond acceptors (Lipinski definition) is 4. The van der Waals surface area contributed by atoms with Gasteiger partial charge >= 0.3 is 0 Å². The molecule has 7 heteroatoms. The molecule has 2 heterocycles. The second-order valence-corrected chi connectivity index (χ2v) is 11.1. The lowest BCUT2D eigenvalue weighted by atomic mass is 9.67. The Morgan fingerprint density at radius 1 is 1.25 bits per heavy atom.